The van der Waals surface area contributed by atoms with Gasteiger partial charge in [0.05, 0.1) is 5.92 Å². The standard InChI is InChI=1S/C18H23ClN2O3/c1-12(10-21-6-2-3-17(21)22)9-20-18(23)14-7-13-8-15(19)4-5-16(13)24-11-14/h4-5,8,12,14H,2-3,6-7,9-11H2,1H3,(H,20,23)/t12-,14+/m0/s1. The molecule has 1 saturated heterocycles. The van der Waals surface area contributed by atoms with Crippen molar-refractivity contribution in [1.82, 2.24) is 10.2 Å². The van der Waals surface area contributed by atoms with Crippen LogP contribution in [0.2, 0.25) is 5.02 Å². The Labute approximate surface area is 147 Å². The molecule has 130 valence electrons. The number of fused-ring (bicyclic) bond motifs is 1. The number of carbonyl (C=O) groups excluding carboxylic acids is 2. The maximum atomic E-state index is 12.4. The van der Waals surface area contributed by atoms with Gasteiger partial charge in [-0.1, -0.05) is 18.5 Å². The number of benzene rings is 1. The van der Waals surface area contributed by atoms with Crippen molar-refractivity contribution >= 4 is 23.4 Å². The molecule has 1 aromatic rings. The van der Waals surface area contributed by atoms with Crippen LogP contribution in [0.5, 0.6) is 5.75 Å². The number of ether oxygens (including phenoxy) is 1. The van der Waals surface area contributed by atoms with Crippen molar-refractivity contribution in [2.45, 2.75) is 26.2 Å². The topological polar surface area (TPSA) is 58.6 Å². The molecule has 24 heavy (non-hydrogen) atoms. The van der Waals surface area contributed by atoms with E-state index in [4.69, 9.17) is 16.3 Å². The third kappa shape index (κ3) is 4.01. The molecule has 0 saturated carbocycles. The third-order valence-corrected chi connectivity index (χ3v) is 4.86. The molecule has 0 spiro atoms. The number of hydrogen-bond acceptors (Lipinski definition) is 3. The minimum absolute atomic E-state index is 0.000207. The van der Waals surface area contributed by atoms with E-state index in [9.17, 15) is 9.59 Å². The highest BCUT2D eigenvalue weighted by molar-refractivity contribution is 6.30. The van der Waals surface area contributed by atoms with Crippen LogP contribution in [0.15, 0.2) is 18.2 Å². The van der Waals surface area contributed by atoms with Gasteiger partial charge in [-0.3, -0.25) is 9.59 Å². The number of amides is 2. The summed E-state index contributed by atoms with van der Waals surface area (Å²) in [7, 11) is 0. The van der Waals surface area contributed by atoms with Gasteiger partial charge in [0.1, 0.15) is 12.4 Å². The maximum Gasteiger partial charge on any atom is 0.226 e. The van der Waals surface area contributed by atoms with Gasteiger partial charge < -0.3 is 15.0 Å². The third-order valence-electron chi connectivity index (χ3n) is 4.63. The normalized spacial score (nSPS) is 21.2. The van der Waals surface area contributed by atoms with Crippen molar-refractivity contribution in [2.24, 2.45) is 11.8 Å². The quantitative estimate of drug-likeness (QED) is 0.886. The van der Waals surface area contributed by atoms with Crippen LogP contribution in [-0.4, -0.2) is 43.0 Å². The second-order valence-corrected chi connectivity index (χ2v) is 7.19. The van der Waals surface area contributed by atoms with Crippen LogP contribution >= 0.6 is 11.6 Å². The summed E-state index contributed by atoms with van der Waals surface area (Å²) in [5, 5.41) is 3.65. The van der Waals surface area contributed by atoms with E-state index in [1.807, 2.05) is 17.0 Å². The Morgan fingerprint density at radius 1 is 1.50 bits per heavy atom. The van der Waals surface area contributed by atoms with Crippen LogP contribution < -0.4 is 10.1 Å². The maximum absolute atomic E-state index is 12.4. The number of carbonyl (C=O) groups is 2. The van der Waals surface area contributed by atoms with E-state index in [-0.39, 0.29) is 23.7 Å². The molecule has 2 heterocycles. The zero-order valence-electron chi connectivity index (χ0n) is 13.9. The smallest absolute Gasteiger partial charge is 0.226 e. The predicted molar refractivity (Wildman–Crippen MR) is 92.1 cm³/mol. The number of rotatable bonds is 5. The largest absolute Gasteiger partial charge is 0.492 e. The summed E-state index contributed by atoms with van der Waals surface area (Å²) in [5.41, 5.74) is 0.976. The molecule has 2 atom stereocenters. The van der Waals surface area contributed by atoms with E-state index in [0.717, 1.165) is 24.3 Å². The molecule has 1 fully saturated rings. The van der Waals surface area contributed by atoms with E-state index in [1.54, 1.807) is 6.07 Å². The number of hydrogen-bond donors (Lipinski definition) is 1. The summed E-state index contributed by atoms with van der Waals surface area (Å²) in [4.78, 5) is 25.9. The van der Waals surface area contributed by atoms with Crippen molar-refractivity contribution in [3.05, 3.63) is 28.8 Å². The minimum atomic E-state index is -0.198. The first kappa shape index (κ1) is 17.1. The Balaban J connectivity index is 1.48. The van der Waals surface area contributed by atoms with Gasteiger partial charge in [0.25, 0.3) is 0 Å². The molecule has 0 unspecified atom stereocenters. The van der Waals surface area contributed by atoms with E-state index < -0.39 is 0 Å². The van der Waals surface area contributed by atoms with Crippen LogP contribution in [0.3, 0.4) is 0 Å². The van der Waals surface area contributed by atoms with Crippen molar-refractivity contribution in [2.75, 3.05) is 26.2 Å². The van der Waals surface area contributed by atoms with Crippen LogP contribution in [-0.2, 0) is 16.0 Å². The first-order valence-electron chi connectivity index (χ1n) is 8.49. The van der Waals surface area contributed by atoms with Gasteiger partial charge in [-0.05, 0) is 42.5 Å². The molecule has 3 rings (SSSR count). The fraction of sp³-hybridized carbons (Fsp3) is 0.556. The summed E-state index contributed by atoms with van der Waals surface area (Å²) in [6, 6.07) is 5.50. The Hall–Kier alpha value is -1.75. The summed E-state index contributed by atoms with van der Waals surface area (Å²) in [5.74, 6) is 1.07. The predicted octanol–water partition coefficient (Wildman–Crippen LogP) is 2.27. The first-order valence-corrected chi connectivity index (χ1v) is 8.87. The molecule has 1 aromatic carbocycles. The van der Waals surface area contributed by atoms with Gasteiger partial charge in [0, 0.05) is 31.1 Å². The van der Waals surface area contributed by atoms with E-state index in [1.165, 1.54) is 0 Å². The summed E-state index contributed by atoms with van der Waals surface area (Å²) >= 11 is 6.01. The highest BCUT2D eigenvalue weighted by Crippen LogP contribution is 2.29. The molecular weight excluding hydrogens is 328 g/mol. The van der Waals surface area contributed by atoms with Crippen LogP contribution in [0.1, 0.15) is 25.3 Å². The van der Waals surface area contributed by atoms with Crippen LogP contribution in [0.4, 0.5) is 0 Å². The molecule has 2 amide bonds. The molecule has 6 heteroatoms. The fourth-order valence-corrected chi connectivity index (χ4v) is 3.48. The molecule has 2 aliphatic heterocycles. The van der Waals surface area contributed by atoms with E-state index in [2.05, 4.69) is 12.2 Å². The minimum Gasteiger partial charge on any atom is -0.492 e. The van der Waals surface area contributed by atoms with Gasteiger partial charge in [-0.15, -0.1) is 0 Å². The molecule has 0 radical (unpaired) electrons. The summed E-state index contributed by atoms with van der Waals surface area (Å²) in [6.45, 7) is 4.56. The SMILES string of the molecule is C[C@@H](CNC(=O)[C@H]1COc2ccc(Cl)cc2C1)CN1CCCC1=O. The van der Waals surface area contributed by atoms with Crippen LogP contribution in [0.25, 0.3) is 0 Å². The van der Waals surface area contributed by atoms with E-state index >= 15 is 0 Å². The second-order valence-electron chi connectivity index (χ2n) is 6.76. The number of likely N-dealkylation sites (tertiary alicyclic amines) is 1. The fourth-order valence-electron chi connectivity index (χ4n) is 3.29. The number of halogens is 1. The van der Waals surface area contributed by atoms with Gasteiger partial charge in [0.15, 0.2) is 0 Å². The Morgan fingerprint density at radius 2 is 2.33 bits per heavy atom. The molecule has 0 aliphatic carbocycles. The van der Waals surface area contributed by atoms with Gasteiger partial charge in [-0.25, -0.2) is 0 Å². The lowest BCUT2D eigenvalue weighted by atomic mass is 9.96. The average Bonchev–Trinajstić information content (AvgIpc) is 2.96. The average molecular weight is 351 g/mol. The molecule has 1 N–H and O–H groups in total. The second kappa shape index (κ2) is 7.43. The highest BCUT2D eigenvalue weighted by Gasteiger charge is 2.27. The molecule has 0 bridgehead atoms. The Morgan fingerprint density at radius 3 is 3.08 bits per heavy atom. The summed E-state index contributed by atoms with van der Waals surface area (Å²) in [6.07, 6.45) is 2.24. The highest BCUT2D eigenvalue weighted by atomic mass is 35.5. The van der Waals surface area contributed by atoms with Gasteiger partial charge in [0.2, 0.25) is 11.8 Å². The van der Waals surface area contributed by atoms with Crippen molar-refractivity contribution in [3.63, 3.8) is 0 Å². The zero-order chi connectivity index (χ0) is 17.1. The monoisotopic (exact) mass is 350 g/mol. The number of nitrogens with zero attached hydrogens (tertiary/aromatic N) is 1. The first-order chi connectivity index (χ1) is 11.5. The zero-order valence-corrected chi connectivity index (χ0v) is 14.6. The lowest BCUT2D eigenvalue weighted by molar-refractivity contribution is -0.128. The number of nitrogens with one attached hydrogen (secondary N) is 1. The van der Waals surface area contributed by atoms with Crippen molar-refractivity contribution in [1.29, 1.82) is 0 Å². The molecule has 5 nitrogen and oxygen atoms in total. The lowest BCUT2D eigenvalue weighted by Crippen LogP contribution is -2.41. The van der Waals surface area contributed by atoms with Gasteiger partial charge >= 0.3 is 0 Å². The lowest BCUT2D eigenvalue weighted by Gasteiger charge is -2.26. The summed E-state index contributed by atoms with van der Waals surface area (Å²) < 4.78 is 5.67. The molecular formula is C18H23ClN2O3. The van der Waals surface area contributed by atoms with Crippen LogP contribution in [0, 0.1) is 11.8 Å². The van der Waals surface area contributed by atoms with Crippen molar-refractivity contribution in [3.8, 4) is 5.75 Å². The van der Waals surface area contributed by atoms with E-state index in [0.29, 0.717) is 37.6 Å². The Bertz CT molecular complexity index is 635. The molecule has 0 aromatic heterocycles. The molecule has 2 aliphatic rings. The van der Waals surface area contributed by atoms with Gasteiger partial charge in [-0.2, -0.15) is 0 Å². The van der Waals surface area contributed by atoms with Crippen molar-refractivity contribution < 1.29 is 14.3 Å². The Kier molecular flexibility index (Phi) is 5.29.